The zero-order valence-corrected chi connectivity index (χ0v) is 14.3. The van der Waals surface area contributed by atoms with Crippen LogP contribution in [-0.4, -0.2) is 25.9 Å². The molecule has 6 nitrogen and oxygen atoms in total. The minimum Gasteiger partial charge on any atom is -0.346 e. The molecule has 0 saturated carbocycles. The first-order chi connectivity index (χ1) is 12.2. The van der Waals surface area contributed by atoms with Gasteiger partial charge in [0.25, 0.3) is 5.91 Å². The molecule has 0 aliphatic heterocycles. The maximum Gasteiger partial charge on any atom is 0.274 e. The van der Waals surface area contributed by atoms with Crippen LogP contribution in [0, 0.1) is 6.92 Å². The highest BCUT2D eigenvalue weighted by Gasteiger charge is 2.18. The van der Waals surface area contributed by atoms with Crippen molar-refractivity contribution in [2.45, 2.75) is 13.5 Å². The summed E-state index contributed by atoms with van der Waals surface area (Å²) in [6, 6.07) is 11.8. The van der Waals surface area contributed by atoms with Gasteiger partial charge in [0.15, 0.2) is 5.69 Å². The summed E-state index contributed by atoms with van der Waals surface area (Å²) in [5.74, 6) is -0.223. The molecule has 1 amide bonds. The van der Waals surface area contributed by atoms with Crippen molar-refractivity contribution in [2.24, 2.45) is 0 Å². The van der Waals surface area contributed by atoms with E-state index in [-0.39, 0.29) is 5.91 Å². The Morgan fingerprint density at radius 2 is 2.16 bits per heavy atom. The molecule has 3 heterocycles. The lowest BCUT2D eigenvalue weighted by atomic mass is 10.1. The fourth-order valence-corrected chi connectivity index (χ4v) is 3.37. The molecule has 0 bridgehead atoms. The summed E-state index contributed by atoms with van der Waals surface area (Å²) >= 11 is 1.61. The van der Waals surface area contributed by atoms with E-state index in [2.05, 4.69) is 20.6 Å². The summed E-state index contributed by atoms with van der Waals surface area (Å²) < 4.78 is 1.70. The molecule has 0 spiro atoms. The van der Waals surface area contributed by atoms with Crippen LogP contribution in [0.1, 0.15) is 21.1 Å². The van der Waals surface area contributed by atoms with Crippen LogP contribution in [0.5, 0.6) is 0 Å². The van der Waals surface area contributed by atoms with Crippen molar-refractivity contribution >= 4 is 28.0 Å². The van der Waals surface area contributed by atoms with Crippen LogP contribution >= 0.6 is 11.3 Å². The van der Waals surface area contributed by atoms with E-state index in [0.717, 1.165) is 21.3 Å². The zero-order valence-electron chi connectivity index (χ0n) is 13.5. The molecule has 4 aromatic rings. The van der Waals surface area contributed by atoms with Crippen molar-refractivity contribution in [3.05, 3.63) is 70.4 Å². The Labute approximate surface area is 148 Å². The largest absolute Gasteiger partial charge is 0.346 e. The van der Waals surface area contributed by atoms with Crippen molar-refractivity contribution in [3.8, 4) is 5.69 Å². The first-order valence-corrected chi connectivity index (χ1v) is 8.68. The highest BCUT2D eigenvalue weighted by atomic mass is 32.1. The molecule has 1 aromatic carbocycles. The van der Waals surface area contributed by atoms with Crippen molar-refractivity contribution in [2.75, 3.05) is 0 Å². The second-order valence-electron chi connectivity index (χ2n) is 5.57. The molecule has 3 aromatic heterocycles. The number of pyridine rings is 1. The van der Waals surface area contributed by atoms with Crippen LogP contribution in [0.3, 0.4) is 0 Å². The molecule has 1 N–H and O–H groups in total. The summed E-state index contributed by atoms with van der Waals surface area (Å²) in [5.41, 5.74) is 1.91. The number of nitrogens with zero attached hydrogens (tertiary/aromatic N) is 4. The fourth-order valence-electron chi connectivity index (χ4n) is 2.72. The third-order valence-corrected chi connectivity index (χ3v) is 4.88. The van der Waals surface area contributed by atoms with Crippen LogP contribution < -0.4 is 5.32 Å². The molecular weight excluding hydrogens is 334 g/mol. The summed E-state index contributed by atoms with van der Waals surface area (Å²) in [6.07, 6.45) is 3.55. The second kappa shape index (κ2) is 6.45. The number of benzene rings is 1. The van der Waals surface area contributed by atoms with Crippen molar-refractivity contribution < 1.29 is 4.79 Å². The van der Waals surface area contributed by atoms with E-state index in [1.165, 1.54) is 0 Å². The van der Waals surface area contributed by atoms with Gasteiger partial charge >= 0.3 is 0 Å². The van der Waals surface area contributed by atoms with Gasteiger partial charge in [-0.2, -0.15) is 0 Å². The Morgan fingerprint density at radius 1 is 1.24 bits per heavy atom. The Morgan fingerprint density at radius 3 is 3.00 bits per heavy atom. The van der Waals surface area contributed by atoms with Gasteiger partial charge in [-0.1, -0.05) is 23.4 Å². The van der Waals surface area contributed by atoms with E-state index >= 15 is 0 Å². The molecule has 4 rings (SSSR count). The number of rotatable bonds is 4. The lowest BCUT2D eigenvalue weighted by molar-refractivity contribution is 0.0945. The van der Waals surface area contributed by atoms with Crippen molar-refractivity contribution in [1.82, 2.24) is 25.3 Å². The number of carbonyl (C=O) groups excluding carboxylic acids is 1. The molecule has 124 valence electrons. The Balaban J connectivity index is 1.65. The zero-order chi connectivity index (χ0) is 17.2. The number of fused-ring (bicyclic) bond motifs is 1. The first-order valence-electron chi connectivity index (χ1n) is 7.80. The number of carbonyl (C=O) groups is 1. The molecule has 7 heteroatoms. The quantitative estimate of drug-likeness (QED) is 0.614. The standard InChI is InChI=1S/C18H15N5OS/c1-12-17(18(24)20-11-14-5-3-9-25-14)21-22-23(12)16-6-2-4-13-10-19-8-7-15(13)16/h2-10H,11H2,1H3,(H,20,24). The number of nitrogens with one attached hydrogen (secondary N) is 1. The normalized spacial score (nSPS) is 10.9. The van der Waals surface area contributed by atoms with Gasteiger partial charge in [0.1, 0.15) is 0 Å². The third kappa shape index (κ3) is 2.89. The lowest BCUT2D eigenvalue weighted by Crippen LogP contribution is -2.23. The van der Waals surface area contributed by atoms with E-state index in [1.54, 1.807) is 28.4 Å². The number of thiophene rings is 1. The highest BCUT2D eigenvalue weighted by molar-refractivity contribution is 7.09. The molecule has 0 radical (unpaired) electrons. The molecule has 25 heavy (non-hydrogen) atoms. The minimum atomic E-state index is -0.223. The Kier molecular flexibility index (Phi) is 3.99. The van der Waals surface area contributed by atoms with Crippen molar-refractivity contribution in [1.29, 1.82) is 0 Å². The predicted molar refractivity (Wildman–Crippen MR) is 96.9 cm³/mol. The predicted octanol–water partition coefficient (Wildman–Crippen LogP) is 3.12. The molecule has 0 unspecified atom stereocenters. The summed E-state index contributed by atoms with van der Waals surface area (Å²) in [7, 11) is 0. The van der Waals surface area contributed by atoms with E-state index in [4.69, 9.17) is 0 Å². The van der Waals surface area contributed by atoms with Crippen LogP contribution in [-0.2, 0) is 6.54 Å². The van der Waals surface area contributed by atoms with E-state index in [0.29, 0.717) is 17.9 Å². The van der Waals surface area contributed by atoms with Gasteiger partial charge in [0.2, 0.25) is 0 Å². The van der Waals surface area contributed by atoms with Gasteiger partial charge < -0.3 is 5.32 Å². The summed E-state index contributed by atoms with van der Waals surface area (Å²) in [4.78, 5) is 17.7. The molecular formula is C18H15N5OS. The number of hydrogen-bond donors (Lipinski definition) is 1. The summed E-state index contributed by atoms with van der Waals surface area (Å²) in [6.45, 7) is 2.34. The highest BCUT2D eigenvalue weighted by Crippen LogP contribution is 2.22. The Bertz CT molecular complexity index is 1030. The number of aromatic nitrogens is 4. The molecule has 0 fully saturated rings. The number of amides is 1. The summed E-state index contributed by atoms with van der Waals surface area (Å²) in [5, 5.41) is 15.2. The minimum absolute atomic E-state index is 0.223. The van der Waals surface area contributed by atoms with E-state index < -0.39 is 0 Å². The lowest BCUT2D eigenvalue weighted by Gasteiger charge is -2.07. The van der Waals surface area contributed by atoms with Gasteiger partial charge in [-0.15, -0.1) is 16.4 Å². The smallest absolute Gasteiger partial charge is 0.274 e. The second-order valence-corrected chi connectivity index (χ2v) is 6.60. The monoisotopic (exact) mass is 349 g/mol. The van der Waals surface area contributed by atoms with E-state index in [9.17, 15) is 4.79 Å². The average molecular weight is 349 g/mol. The van der Waals surface area contributed by atoms with Gasteiger partial charge in [0.05, 0.1) is 17.9 Å². The number of hydrogen-bond acceptors (Lipinski definition) is 5. The topological polar surface area (TPSA) is 72.7 Å². The van der Waals surface area contributed by atoms with E-state index in [1.807, 2.05) is 48.7 Å². The Hall–Kier alpha value is -3.06. The van der Waals surface area contributed by atoms with Crippen LogP contribution in [0.15, 0.2) is 54.2 Å². The van der Waals surface area contributed by atoms with Crippen molar-refractivity contribution in [3.63, 3.8) is 0 Å². The SMILES string of the molecule is Cc1c(C(=O)NCc2cccs2)nnn1-c1cccc2cnccc12. The maximum atomic E-state index is 12.4. The van der Waals surface area contributed by atoms with Gasteiger partial charge in [-0.3, -0.25) is 9.78 Å². The fraction of sp³-hybridized carbons (Fsp3) is 0.111. The molecule has 0 saturated heterocycles. The van der Waals surface area contributed by atoms with Crippen LogP contribution in [0.25, 0.3) is 16.5 Å². The average Bonchev–Trinajstić information content (AvgIpc) is 3.29. The van der Waals surface area contributed by atoms with Crippen LogP contribution in [0.2, 0.25) is 0 Å². The molecule has 0 aliphatic carbocycles. The van der Waals surface area contributed by atoms with Gasteiger partial charge in [0, 0.05) is 28.0 Å². The molecule has 0 aliphatic rings. The maximum absolute atomic E-state index is 12.4. The van der Waals surface area contributed by atoms with Gasteiger partial charge in [-0.05, 0) is 30.5 Å². The van der Waals surface area contributed by atoms with Crippen LogP contribution in [0.4, 0.5) is 0 Å². The third-order valence-electron chi connectivity index (χ3n) is 4.00. The molecule has 0 atom stereocenters. The van der Waals surface area contributed by atoms with Gasteiger partial charge in [-0.25, -0.2) is 4.68 Å². The first kappa shape index (κ1) is 15.5.